The zero-order valence-electron chi connectivity index (χ0n) is 19.3. The minimum atomic E-state index is -0.685. The maximum Gasteiger partial charge on any atom is 0.259 e. The maximum atomic E-state index is 14.2. The van der Waals surface area contributed by atoms with Crippen molar-refractivity contribution in [3.8, 4) is 16.3 Å². The third-order valence-electron chi connectivity index (χ3n) is 7.23. The van der Waals surface area contributed by atoms with Crippen LogP contribution in [0.5, 0.6) is 5.75 Å². The Morgan fingerprint density at radius 2 is 2.06 bits per heavy atom. The lowest BCUT2D eigenvalue weighted by Crippen LogP contribution is -2.46. The van der Waals surface area contributed by atoms with Gasteiger partial charge in [0.25, 0.3) is 5.91 Å². The van der Waals surface area contributed by atoms with Crippen molar-refractivity contribution in [2.45, 2.75) is 55.5 Å². The van der Waals surface area contributed by atoms with Crippen molar-refractivity contribution in [2.75, 3.05) is 20.3 Å². The first-order valence-electron chi connectivity index (χ1n) is 11.8. The molecule has 2 aliphatic heterocycles. The molecule has 1 aliphatic carbocycles. The molecule has 2 aromatic heterocycles. The Labute approximate surface area is 211 Å². The van der Waals surface area contributed by atoms with E-state index in [2.05, 4.69) is 10.2 Å². The van der Waals surface area contributed by atoms with E-state index in [9.17, 15) is 14.4 Å². The molecule has 5 rings (SSSR count). The first kappa shape index (κ1) is 24.1. The van der Waals surface area contributed by atoms with Gasteiger partial charge in [-0.1, -0.05) is 19.3 Å². The maximum absolute atomic E-state index is 14.2. The number of thiophene rings is 1. The molecule has 9 nitrogen and oxygen atoms in total. The number of aromatic nitrogens is 2. The number of likely N-dealkylation sites (tertiary alicyclic amines) is 1. The Kier molecular flexibility index (Phi) is 6.78. The lowest BCUT2D eigenvalue weighted by Gasteiger charge is -2.34. The van der Waals surface area contributed by atoms with Gasteiger partial charge in [-0.2, -0.15) is 5.10 Å². The summed E-state index contributed by atoms with van der Waals surface area (Å²) in [5, 5.41) is 7.70. The first-order valence-corrected chi connectivity index (χ1v) is 13.0. The van der Waals surface area contributed by atoms with E-state index in [-0.39, 0.29) is 30.8 Å². The number of amides is 2. The van der Waals surface area contributed by atoms with Crippen LogP contribution in [0.2, 0.25) is 0 Å². The molecular formula is C24H27ClN4O5S. The van der Waals surface area contributed by atoms with Crippen LogP contribution in [-0.2, 0) is 14.3 Å². The van der Waals surface area contributed by atoms with Gasteiger partial charge in [0, 0.05) is 12.6 Å². The molecule has 3 aliphatic rings. The normalized spacial score (nSPS) is 25.5. The van der Waals surface area contributed by atoms with Gasteiger partial charge in [-0.05, 0) is 30.4 Å². The molecule has 186 valence electrons. The number of ketones is 1. The van der Waals surface area contributed by atoms with Crippen molar-refractivity contribution in [1.82, 2.24) is 15.1 Å². The van der Waals surface area contributed by atoms with Crippen molar-refractivity contribution in [3.63, 3.8) is 0 Å². The number of ether oxygens (including phenoxy) is 2. The Morgan fingerprint density at radius 3 is 2.77 bits per heavy atom. The molecule has 2 N–H and O–H groups in total. The minimum Gasteiger partial charge on any atom is -0.495 e. The van der Waals surface area contributed by atoms with Crippen LogP contribution in [0.4, 0.5) is 0 Å². The van der Waals surface area contributed by atoms with E-state index in [0.717, 1.165) is 32.1 Å². The third-order valence-corrected chi connectivity index (χ3v) is 8.80. The van der Waals surface area contributed by atoms with Crippen LogP contribution in [0, 0.1) is 5.92 Å². The number of halogens is 1. The second kappa shape index (κ2) is 9.83. The van der Waals surface area contributed by atoms with Gasteiger partial charge in [-0.25, -0.2) is 0 Å². The number of carbonyl (C=O) groups excluding carboxylic acids is 3. The summed E-state index contributed by atoms with van der Waals surface area (Å²) in [6, 6.07) is 2.86. The van der Waals surface area contributed by atoms with Gasteiger partial charge in [0.2, 0.25) is 5.91 Å². The van der Waals surface area contributed by atoms with Gasteiger partial charge in [-0.3, -0.25) is 14.4 Å². The second-order valence-electron chi connectivity index (χ2n) is 9.31. The van der Waals surface area contributed by atoms with Gasteiger partial charge >= 0.3 is 0 Å². The standard InChI is InChI=1S/C24H27ClN4O5S/c1-33-13-7-16(28-27-9-13)18-8-14(22(35-18)23(26)31)19(12-5-3-2-4-6-12)24(32)29-10-15(25)21-20(29)17(30)11-34-21/h7-9,12,15,19-21H,2-6,10-11H2,1H3,(H2,26,31)/t15-,19-,20+,21+/m0/s1. The number of alkyl halides is 1. The zero-order chi connectivity index (χ0) is 24.7. The molecule has 0 radical (unpaired) electrons. The fourth-order valence-electron chi connectivity index (χ4n) is 5.59. The summed E-state index contributed by atoms with van der Waals surface area (Å²) < 4.78 is 10.8. The largest absolute Gasteiger partial charge is 0.495 e. The molecule has 0 spiro atoms. The summed E-state index contributed by atoms with van der Waals surface area (Å²) >= 11 is 7.67. The first-order chi connectivity index (χ1) is 16.9. The lowest BCUT2D eigenvalue weighted by atomic mass is 9.76. The molecule has 1 saturated carbocycles. The highest BCUT2D eigenvalue weighted by atomic mass is 35.5. The Morgan fingerprint density at radius 1 is 1.29 bits per heavy atom. The van der Waals surface area contributed by atoms with Crippen LogP contribution in [0.1, 0.15) is 53.3 Å². The van der Waals surface area contributed by atoms with Crippen LogP contribution >= 0.6 is 22.9 Å². The topological polar surface area (TPSA) is 125 Å². The summed E-state index contributed by atoms with van der Waals surface area (Å²) in [5.41, 5.74) is 6.91. The summed E-state index contributed by atoms with van der Waals surface area (Å²) in [7, 11) is 1.54. The molecule has 2 amide bonds. The molecule has 2 aromatic rings. The number of methoxy groups -OCH3 is 1. The predicted molar refractivity (Wildman–Crippen MR) is 130 cm³/mol. The van der Waals surface area contributed by atoms with Crippen LogP contribution in [0.3, 0.4) is 0 Å². The molecule has 0 bridgehead atoms. The second-order valence-corrected chi connectivity index (χ2v) is 10.9. The quantitative estimate of drug-likeness (QED) is 0.583. The average molecular weight is 519 g/mol. The molecule has 0 unspecified atom stereocenters. The van der Waals surface area contributed by atoms with E-state index in [1.807, 2.05) is 6.07 Å². The van der Waals surface area contributed by atoms with Crippen LogP contribution in [0.15, 0.2) is 18.3 Å². The van der Waals surface area contributed by atoms with E-state index in [1.165, 1.54) is 24.6 Å². The van der Waals surface area contributed by atoms with Gasteiger partial charge < -0.3 is 20.1 Å². The molecular weight excluding hydrogens is 492 g/mol. The van der Waals surface area contributed by atoms with Gasteiger partial charge in [-0.15, -0.1) is 28.0 Å². The van der Waals surface area contributed by atoms with Crippen LogP contribution < -0.4 is 10.5 Å². The van der Waals surface area contributed by atoms with Gasteiger partial charge in [0.05, 0.1) is 34.4 Å². The van der Waals surface area contributed by atoms with E-state index >= 15 is 0 Å². The molecule has 4 heterocycles. The van der Waals surface area contributed by atoms with E-state index in [4.69, 9.17) is 26.8 Å². The predicted octanol–water partition coefficient (Wildman–Crippen LogP) is 2.76. The summed E-state index contributed by atoms with van der Waals surface area (Å²) in [4.78, 5) is 41.9. The third kappa shape index (κ3) is 4.43. The van der Waals surface area contributed by atoms with Crippen molar-refractivity contribution in [3.05, 3.63) is 28.8 Å². The Hall–Kier alpha value is -2.56. The number of rotatable bonds is 6. The number of fused-ring (bicyclic) bond motifs is 1. The number of hydrogen-bond acceptors (Lipinski definition) is 8. The number of nitrogens with zero attached hydrogens (tertiary/aromatic N) is 3. The number of Topliss-reactive ketones (excluding diaryl/α,β-unsaturated/α-hetero) is 1. The highest BCUT2D eigenvalue weighted by Gasteiger charge is 2.53. The highest BCUT2D eigenvalue weighted by molar-refractivity contribution is 7.17. The Bertz CT molecular complexity index is 1150. The number of primary amides is 1. The zero-order valence-corrected chi connectivity index (χ0v) is 20.9. The van der Waals surface area contributed by atoms with E-state index < -0.39 is 29.3 Å². The molecule has 4 atom stereocenters. The number of nitrogens with two attached hydrogens (primary N) is 1. The van der Waals surface area contributed by atoms with Gasteiger partial charge in [0.1, 0.15) is 30.2 Å². The fraction of sp³-hybridized carbons (Fsp3) is 0.542. The fourth-order valence-corrected chi connectivity index (χ4v) is 6.97. The molecule has 2 saturated heterocycles. The average Bonchev–Trinajstić information content (AvgIpc) is 3.56. The van der Waals surface area contributed by atoms with Crippen molar-refractivity contribution in [1.29, 1.82) is 0 Å². The SMILES string of the molecule is COc1cnnc(-c2cc([C@@H](C(=O)N3C[C@H](Cl)[C@H]4OCC(=O)[C@H]43)C3CCCCC3)c(C(N)=O)s2)c1. The summed E-state index contributed by atoms with van der Waals surface area (Å²) in [6.07, 6.45) is 5.83. The molecule has 11 heteroatoms. The summed E-state index contributed by atoms with van der Waals surface area (Å²) in [6.45, 7) is 0.189. The monoisotopic (exact) mass is 518 g/mol. The molecule has 35 heavy (non-hydrogen) atoms. The van der Waals surface area contributed by atoms with E-state index in [0.29, 0.717) is 26.8 Å². The number of hydrogen-bond donors (Lipinski definition) is 1. The Balaban J connectivity index is 1.58. The van der Waals surface area contributed by atoms with Crippen molar-refractivity contribution < 1.29 is 23.9 Å². The molecule has 3 fully saturated rings. The van der Waals surface area contributed by atoms with Gasteiger partial charge in [0.15, 0.2) is 5.78 Å². The summed E-state index contributed by atoms with van der Waals surface area (Å²) in [5.74, 6) is -0.994. The van der Waals surface area contributed by atoms with Crippen molar-refractivity contribution in [2.24, 2.45) is 11.7 Å². The van der Waals surface area contributed by atoms with E-state index in [1.54, 1.807) is 11.0 Å². The van der Waals surface area contributed by atoms with Crippen molar-refractivity contribution >= 4 is 40.5 Å². The smallest absolute Gasteiger partial charge is 0.259 e. The van der Waals surface area contributed by atoms with Crippen LogP contribution in [-0.4, -0.2) is 70.5 Å². The van der Waals surface area contributed by atoms with Crippen LogP contribution in [0.25, 0.3) is 10.6 Å². The minimum absolute atomic E-state index is 0.0263. The molecule has 0 aromatic carbocycles. The highest BCUT2D eigenvalue weighted by Crippen LogP contribution is 2.44. The number of carbonyl (C=O) groups is 3. The lowest BCUT2D eigenvalue weighted by molar-refractivity contribution is -0.139.